The second-order valence-corrected chi connectivity index (χ2v) is 10.2. The van der Waals surface area contributed by atoms with Crippen LogP contribution < -0.4 is 4.57 Å². The standard InChI is InChI=1S/C30H59N2/c1-4-7-10-12-14-15-16-17-18-19-21-23-25-30-31(26-9-6-3)28-29-32(30)27-24-22-20-13-11-8-5-2/h28-29H,4-27H2,1-3H3/q+1. The second kappa shape index (κ2) is 22.0. The zero-order chi connectivity index (χ0) is 23.1. The number of hydrogen-bond donors (Lipinski definition) is 0. The van der Waals surface area contributed by atoms with Crippen LogP contribution in [0.3, 0.4) is 0 Å². The molecule has 0 aliphatic carbocycles. The largest absolute Gasteiger partial charge is 0.256 e. The third-order valence-electron chi connectivity index (χ3n) is 7.10. The zero-order valence-electron chi connectivity index (χ0n) is 22.5. The highest BCUT2D eigenvalue weighted by molar-refractivity contribution is 4.84. The van der Waals surface area contributed by atoms with Crippen LogP contribution >= 0.6 is 0 Å². The van der Waals surface area contributed by atoms with Crippen molar-refractivity contribution in [1.29, 1.82) is 0 Å². The third-order valence-corrected chi connectivity index (χ3v) is 7.10. The first-order chi connectivity index (χ1) is 15.8. The molecular formula is C30H59N2+. The molecule has 0 aliphatic rings. The van der Waals surface area contributed by atoms with Crippen molar-refractivity contribution in [3.8, 4) is 0 Å². The Balaban J connectivity index is 2.20. The summed E-state index contributed by atoms with van der Waals surface area (Å²) < 4.78 is 5.14. The van der Waals surface area contributed by atoms with Crippen molar-refractivity contribution in [2.45, 2.75) is 175 Å². The molecule has 2 nitrogen and oxygen atoms in total. The molecule has 0 saturated heterocycles. The molecule has 32 heavy (non-hydrogen) atoms. The zero-order valence-corrected chi connectivity index (χ0v) is 22.5. The predicted octanol–water partition coefficient (Wildman–Crippen LogP) is 9.57. The van der Waals surface area contributed by atoms with Gasteiger partial charge in [-0.15, -0.1) is 0 Å². The topological polar surface area (TPSA) is 8.81 Å². The first-order valence-electron chi connectivity index (χ1n) is 14.9. The van der Waals surface area contributed by atoms with E-state index >= 15 is 0 Å². The molecule has 1 aromatic heterocycles. The molecular weight excluding hydrogens is 388 g/mol. The minimum absolute atomic E-state index is 1.20. The van der Waals surface area contributed by atoms with E-state index in [2.05, 4.69) is 42.3 Å². The number of unbranched alkanes of at least 4 members (excludes halogenated alkanes) is 18. The van der Waals surface area contributed by atoms with Crippen LogP contribution in [0.5, 0.6) is 0 Å². The number of aryl methyl sites for hydroxylation is 2. The molecule has 0 radical (unpaired) electrons. The van der Waals surface area contributed by atoms with Gasteiger partial charge in [-0.2, -0.15) is 0 Å². The highest BCUT2D eigenvalue weighted by atomic mass is 15.1. The number of hydrogen-bond acceptors (Lipinski definition) is 0. The van der Waals surface area contributed by atoms with Crippen LogP contribution in [0.4, 0.5) is 0 Å². The maximum Gasteiger partial charge on any atom is 0.256 e. The lowest BCUT2D eigenvalue weighted by molar-refractivity contribution is -0.704. The Bertz CT molecular complexity index is 505. The molecule has 0 N–H and O–H groups in total. The van der Waals surface area contributed by atoms with Gasteiger partial charge in [0.25, 0.3) is 5.82 Å². The van der Waals surface area contributed by atoms with Gasteiger partial charge in [0.05, 0.1) is 13.1 Å². The highest BCUT2D eigenvalue weighted by Gasteiger charge is 2.16. The smallest absolute Gasteiger partial charge is 0.234 e. The molecule has 0 spiro atoms. The van der Waals surface area contributed by atoms with Crippen molar-refractivity contribution in [1.82, 2.24) is 4.57 Å². The first-order valence-corrected chi connectivity index (χ1v) is 14.9. The summed E-state index contributed by atoms with van der Waals surface area (Å²) in [5, 5.41) is 0. The molecule has 1 rings (SSSR count). The molecule has 2 heteroatoms. The van der Waals surface area contributed by atoms with Gasteiger partial charge in [0.2, 0.25) is 0 Å². The van der Waals surface area contributed by atoms with Crippen molar-refractivity contribution in [3.63, 3.8) is 0 Å². The monoisotopic (exact) mass is 447 g/mol. The van der Waals surface area contributed by atoms with Crippen LogP contribution in [-0.2, 0) is 19.5 Å². The number of nitrogens with zero attached hydrogens (tertiary/aromatic N) is 2. The van der Waals surface area contributed by atoms with Crippen molar-refractivity contribution in [2.75, 3.05) is 0 Å². The van der Waals surface area contributed by atoms with Crippen LogP contribution in [0.25, 0.3) is 0 Å². The van der Waals surface area contributed by atoms with Crippen LogP contribution in [0, 0.1) is 0 Å². The van der Waals surface area contributed by atoms with E-state index in [4.69, 9.17) is 0 Å². The van der Waals surface area contributed by atoms with Crippen molar-refractivity contribution in [2.24, 2.45) is 0 Å². The van der Waals surface area contributed by atoms with Crippen LogP contribution in [-0.4, -0.2) is 4.57 Å². The summed E-state index contributed by atoms with van der Waals surface area (Å²) in [4.78, 5) is 0. The number of imidazole rings is 1. The molecule has 0 aliphatic heterocycles. The molecule has 0 atom stereocenters. The van der Waals surface area contributed by atoms with Gasteiger partial charge in [0, 0.05) is 6.42 Å². The molecule has 188 valence electrons. The maximum absolute atomic E-state index is 2.58. The molecule has 0 unspecified atom stereocenters. The van der Waals surface area contributed by atoms with E-state index in [0.717, 1.165) is 0 Å². The van der Waals surface area contributed by atoms with Crippen LogP contribution in [0.2, 0.25) is 0 Å². The summed E-state index contributed by atoms with van der Waals surface area (Å²) in [6.07, 6.45) is 35.6. The van der Waals surface area contributed by atoms with Gasteiger partial charge in [0.1, 0.15) is 12.4 Å². The third kappa shape index (κ3) is 15.1. The minimum Gasteiger partial charge on any atom is -0.234 e. The quantitative estimate of drug-likeness (QED) is 0.110. The lowest BCUT2D eigenvalue weighted by Gasteiger charge is -2.06. The molecule has 1 heterocycles. The Labute approximate surface area is 202 Å². The lowest BCUT2D eigenvalue weighted by Crippen LogP contribution is -2.37. The van der Waals surface area contributed by atoms with Crippen molar-refractivity contribution < 1.29 is 4.57 Å². The predicted molar refractivity (Wildman–Crippen MR) is 142 cm³/mol. The lowest BCUT2D eigenvalue weighted by atomic mass is 10.0. The highest BCUT2D eigenvalue weighted by Crippen LogP contribution is 2.14. The summed E-state index contributed by atoms with van der Waals surface area (Å²) in [6.45, 7) is 9.34. The van der Waals surface area contributed by atoms with E-state index in [1.54, 1.807) is 5.82 Å². The van der Waals surface area contributed by atoms with Gasteiger partial charge < -0.3 is 0 Å². The van der Waals surface area contributed by atoms with Gasteiger partial charge >= 0.3 is 0 Å². The van der Waals surface area contributed by atoms with E-state index in [1.165, 1.54) is 154 Å². The fraction of sp³-hybridized carbons (Fsp3) is 0.900. The van der Waals surface area contributed by atoms with Crippen molar-refractivity contribution in [3.05, 3.63) is 18.2 Å². The Morgan fingerprint density at radius 3 is 1.47 bits per heavy atom. The van der Waals surface area contributed by atoms with Gasteiger partial charge in [0.15, 0.2) is 0 Å². The molecule has 0 saturated carbocycles. The molecule has 0 aromatic carbocycles. The van der Waals surface area contributed by atoms with E-state index in [1.807, 2.05) is 0 Å². The summed E-state index contributed by atoms with van der Waals surface area (Å²) in [5.74, 6) is 1.59. The van der Waals surface area contributed by atoms with Gasteiger partial charge in [-0.3, -0.25) is 0 Å². The SMILES string of the molecule is CCCCCCCCCCCCCCc1n(CCCCCCCCC)cc[n+]1CCCC. The van der Waals surface area contributed by atoms with Crippen molar-refractivity contribution >= 4 is 0 Å². The van der Waals surface area contributed by atoms with E-state index in [0.29, 0.717) is 0 Å². The summed E-state index contributed by atoms with van der Waals surface area (Å²) >= 11 is 0. The Kier molecular flexibility index (Phi) is 20.1. The van der Waals surface area contributed by atoms with Crippen LogP contribution in [0.15, 0.2) is 12.4 Å². The summed E-state index contributed by atoms with van der Waals surface area (Å²) in [7, 11) is 0. The van der Waals surface area contributed by atoms with Gasteiger partial charge in [-0.05, 0) is 25.7 Å². The average molecular weight is 448 g/mol. The maximum atomic E-state index is 2.58. The van der Waals surface area contributed by atoms with Gasteiger partial charge in [-0.1, -0.05) is 130 Å². The molecule has 0 fully saturated rings. The normalized spacial score (nSPS) is 11.5. The van der Waals surface area contributed by atoms with Gasteiger partial charge in [-0.25, -0.2) is 9.13 Å². The Morgan fingerprint density at radius 2 is 0.969 bits per heavy atom. The van der Waals surface area contributed by atoms with E-state index in [9.17, 15) is 0 Å². The molecule has 0 amide bonds. The Hall–Kier alpha value is -0.790. The second-order valence-electron chi connectivity index (χ2n) is 10.2. The summed E-state index contributed by atoms with van der Waals surface area (Å²) in [5.41, 5.74) is 0. The first kappa shape index (κ1) is 29.2. The van der Waals surface area contributed by atoms with Crippen LogP contribution in [0.1, 0.15) is 161 Å². The number of rotatable bonds is 24. The number of aromatic nitrogens is 2. The average Bonchev–Trinajstić information content (AvgIpc) is 3.19. The fourth-order valence-electron chi connectivity index (χ4n) is 4.88. The van der Waals surface area contributed by atoms with E-state index < -0.39 is 0 Å². The minimum atomic E-state index is 1.20. The molecule has 1 aromatic rings. The molecule has 0 bridgehead atoms. The summed E-state index contributed by atoms with van der Waals surface area (Å²) in [6, 6.07) is 0. The van der Waals surface area contributed by atoms with E-state index in [-0.39, 0.29) is 0 Å². The Morgan fingerprint density at radius 1 is 0.531 bits per heavy atom. The fourth-order valence-corrected chi connectivity index (χ4v) is 4.88.